The van der Waals surface area contributed by atoms with Gasteiger partial charge in [-0.05, 0) is 43.0 Å². The van der Waals surface area contributed by atoms with Gasteiger partial charge in [-0.1, -0.05) is 49.6 Å². The van der Waals surface area contributed by atoms with E-state index in [1.165, 1.54) is 32.1 Å². The van der Waals surface area contributed by atoms with Gasteiger partial charge in [-0.3, -0.25) is 9.59 Å². The van der Waals surface area contributed by atoms with Gasteiger partial charge >= 0.3 is 0 Å². The van der Waals surface area contributed by atoms with Crippen molar-refractivity contribution >= 4 is 17.5 Å². The predicted molar refractivity (Wildman–Crippen MR) is 99.7 cm³/mol. The second-order valence-electron chi connectivity index (χ2n) is 6.58. The zero-order valence-electron chi connectivity index (χ0n) is 14.3. The fraction of sp³-hybridized carbons (Fsp3) is 0.333. The molecule has 1 aliphatic rings. The van der Waals surface area contributed by atoms with Gasteiger partial charge in [-0.15, -0.1) is 0 Å². The van der Waals surface area contributed by atoms with E-state index in [-0.39, 0.29) is 11.8 Å². The van der Waals surface area contributed by atoms with Crippen molar-refractivity contribution in [1.82, 2.24) is 5.32 Å². The highest BCUT2D eigenvalue weighted by molar-refractivity contribution is 6.08. The van der Waals surface area contributed by atoms with Crippen LogP contribution in [-0.2, 0) is 0 Å². The number of amides is 2. The van der Waals surface area contributed by atoms with Crippen LogP contribution in [-0.4, -0.2) is 18.4 Å². The molecule has 3 rings (SSSR count). The number of benzene rings is 2. The summed E-state index contributed by atoms with van der Waals surface area (Å²) in [5, 5.41) is 5.88. The summed E-state index contributed by atoms with van der Waals surface area (Å²) in [5.74, 6) is 0.228. The molecule has 130 valence electrons. The van der Waals surface area contributed by atoms with Gasteiger partial charge in [0.25, 0.3) is 11.8 Å². The van der Waals surface area contributed by atoms with Crippen LogP contribution in [0, 0.1) is 5.92 Å². The summed E-state index contributed by atoms with van der Waals surface area (Å²) in [4.78, 5) is 24.9. The van der Waals surface area contributed by atoms with Gasteiger partial charge < -0.3 is 10.6 Å². The third-order valence-electron chi connectivity index (χ3n) is 4.73. The molecule has 0 radical (unpaired) electrons. The molecule has 0 heterocycles. The van der Waals surface area contributed by atoms with Crippen LogP contribution in [0.5, 0.6) is 0 Å². The van der Waals surface area contributed by atoms with Crippen molar-refractivity contribution in [1.29, 1.82) is 0 Å². The van der Waals surface area contributed by atoms with Crippen LogP contribution in [0.25, 0.3) is 0 Å². The Balaban J connectivity index is 1.65. The number of anilines is 1. The maximum atomic E-state index is 12.6. The zero-order chi connectivity index (χ0) is 17.5. The minimum atomic E-state index is -0.215. The molecule has 4 nitrogen and oxygen atoms in total. The van der Waals surface area contributed by atoms with E-state index in [2.05, 4.69) is 10.6 Å². The Morgan fingerprint density at radius 3 is 2.28 bits per heavy atom. The Bertz CT molecular complexity index is 722. The summed E-state index contributed by atoms with van der Waals surface area (Å²) in [6, 6.07) is 16.1. The first-order valence-corrected chi connectivity index (χ1v) is 8.97. The summed E-state index contributed by atoms with van der Waals surface area (Å²) in [6.07, 6.45) is 6.19. The van der Waals surface area contributed by atoms with Gasteiger partial charge in [0.15, 0.2) is 0 Å². The highest BCUT2D eigenvalue weighted by atomic mass is 16.2. The van der Waals surface area contributed by atoms with Gasteiger partial charge in [-0.25, -0.2) is 0 Å². The highest BCUT2D eigenvalue weighted by Crippen LogP contribution is 2.23. The van der Waals surface area contributed by atoms with Crippen LogP contribution >= 0.6 is 0 Å². The molecule has 1 fully saturated rings. The Labute approximate surface area is 148 Å². The summed E-state index contributed by atoms with van der Waals surface area (Å²) in [6.45, 7) is 0.708. The lowest BCUT2D eigenvalue weighted by atomic mass is 9.89. The largest absolute Gasteiger partial charge is 0.352 e. The number of rotatable bonds is 5. The second-order valence-corrected chi connectivity index (χ2v) is 6.58. The third-order valence-corrected chi connectivity index (χ3v) is 4.73. The van der Waals surface area contributed by atoms with E-state index in [0.717, 1.165) is 0 Å². The van der Waals surface area contributed by atoms with Crippen molar-refractivity contribution in [2.24, 2.45) is 5.92 Å². The van der Waals surface area contributed by atoms with Crippen molar-refractivity contribution in [2.75, 3.05) is 11.9 Å². The smallest absolute Gasteiger partial charge is 0.255 e. The van der Waals surface area contributed by atoms with Gasteiger partial charge in [0.1, 0.15) is 0 Å². The van der Waals surface area contributed by atoms with Crippen LogP contribution < -0.4 is 10.6 Å². The average Bonchev–Trinajstić information content (AvgIpc) is 2.68. The molecule has 0 aliphatic heterocycles. The molecule has 25 heavy (non-hydrogen) atoms. The molecule has 0 aromatic heterocycles. The second kappa shape index (κ2) is 8.47. The van der Waals surface area contributed by atoms with Crippen molar-refractivity contribution in [3.05, 3.63) is 65.7 Å². The Morgan fingerprint density at radius 1 is 0.840 bits per heavy atom. The van der Waals surface area contributed by atoms with Crippen molar-refractivity contribution in [3.63, 3.8) is 0 Å². The first-order chi connectivity index (χ1) is 12.2. The molecule has 0 bridgehead atoms. The van der Waals surface area contributed by atoms with Gasteiger partial charge in [0.2, 0.25) is 0 Å². The van der Waals surface area contributed by atoms with Crippen LogP contribution in [0.4, 0.5) is 5.69 Å². The molecule has 1 aliphatic carbocycles. The molecule has 2 N–H and O–H groups in total. The van der Waals surface area contributed by atoms with Gasteiger partial charge in [0, 0.05) is 12.1 Å². The van der Waals surface area contributed by atoms with Crippen LogP contribution in [0.1, 0.15) is 52.8 Å². The molecular formula is C21H24N2O2. The first-order valence-electron chi connectivity index (χ1n) is 8.97. The van der Waals surface area contributed by atoms with E-state index in [1.807, 2.05) is 30.3 Å². The quantitative estimate of drug-likeness (QED) is 0.857. The molecule has 1 saturated carbocycles. The van der Waals surface area contributed by atoms with Gasteiger partial charge in [-0.2, -0.15) is 0 Å². The summed E-state index contributed by atoms with van der Waals surface area (Å²) in [5.41, 5.74) is 1.61. The van der Waals surface area contributed by atoms with Crippen LogP contribution in [0.15, 0.2) is 54.6 Å². The van der Waals surface area contributed by atoms with Gasteiger partial charge in [0.05, 0.1) is 11.3 Å². The van der Waals surface area contributed by atoms with Crippen molar-refractivity contribution < 1.29 is 9.59 Å². The maximum Gasteiger partial charge on any atom is 0.255 e. The Kier molecular flexibility index (Phi) is 5.83. The Morgan fingerprint density at radius 2 is 1.52 bits per heavy atom. The van der Waals surface area contributed by atoms with Crippen LogP contribution in [0.3, 0.4) is 0 Å². The van der Waals surface area contributed by atoms with E-state index in [9.17, 15) is 9.59 Å². The average molecular weight is 336 g/mol. The van der Waals surface area contributed by atoms with E-state index in [4.69, 9.17) is 0 Å². The fourth-order valence-corrected chi connectivity index (χ4v) is 3.30. The molecule has 0 saturated heterocycles. The minimum absolute atomic E-state index is 0.130. The fourth-order valence-electron chi connectivity index (χ4n) is 3.30. The van der Waals surface area contributed by atoms with E-state index < -0.39 is 0 Å². The number of hydrogen-bond acceptors (Lipinski definition) is 2. The zero-order valence-corrected chi connectivity index (χ0v) is 14.3. The molecule has 0 atom stereocenters. The van der Waals surface area contributed by atoms with E-state index >= 15 is 0 Å². The minimum Gasteiger partial charge on any atom is -0.352 e. The molecular weight excluding hydrogens is 312 g/mol. The number of carbonyl (C=O) groups excluding carboxylic acids is 2. The lowest BCUT2D eigenvalue weighted by Crippen LogP contribution is -2.31. The van der Waals surface area contributed by atoms with Crippen molar-refractivity contribution in [2.45, 2.75) is 32.1 Å². The lowest BCUT2D eigenvalue weighted by Gasteiger charge is -2.22. The van der Waals surface area contributed by atoms with E-state index in [0.29, 0.717) is 29.3 Å². The number of carbonyl (C=O) groups is 2. The summed E-state index contributed by atoms with van der Waals surface area (Å²) < 4.78 is 0. The molecule has 2 amide bonds. The molecule has 0 spiro atoms. The number of para-hydroxylation sites is 1. The topological polar surface area (TPSA) is 58.2 Å². The molecule has 4 heteroatoms. The maximum absolute atomic E-state index is 12.6. The van der Waals surface area contributed by atoms with Crippen LogP contribution in [0.2, 0.25) is 0 Å². The molecule has 2 aromatic carbocycles. The Hall–Kier alpha value is -2.62. The summed E-state index contributed by atoms with van der Waals surface area (Å²) in [7, 11) is 0. The monoisotopic (exact) mass is 336 g/mol. The van der Waals surface area contributed by atoms with E-state index in [1.54, 1.807) is 24.3 Å². The normalized spacial score (nSPS) is 14.7. The molecule has 0 unspecified atom stereocenters. The SMILES string of the molecule is O=C(Nc1ccccc1C(=O)NCC1CCCCC1)c1ccccc1. The molecule has 2 aromatic rings. The predicted octanol–water partition coefficient (Wildman–Crippen LogP) is 4.25. The highest BCUT2D eigenvalue weighted by Gasteiger charge is 2.17. The first kappa shape index (κ1) is 17.2. The lowest BCUT2D eigenvalue weighted by molar-refractivity contribution is 0.0944. The standard InChI is InChI=1S/C21H24N2O2/c24-20(17-11-5-2-6-12-17)23-19-14-8-7-13-18(19)21(25)22-15-16-9-3-1-4-10-16/h2,5-8,11-14,16H,1,3-4,9-10,15H2,(H,22,25)(H,23,24). The third kappa shape index (κ3) is 4.69. The number of hydrogen-bond donors (Lipinski definition) is 2. The summed E-state index contributed by atoms with van der Waals surface area (Å²) >= 11 is 0. The van der Waals surface area contributed by atoms with Crippen molar-refractivity contribution in [3.8, 4) is 0 Å². The number of nitrogens with one attached hydrogen (secondary N) is 2.